The summed E-state index contributed by atoms with van der Waals surface area (Å²) in [7, 11) is 0. The molecule has 3 N–H and O–H groups in total. The lowest BCUT2D eigenvalue weighted by molar-refractivity contribution is -0.0470. The molecule has 1 aliphatic rings. The highest BCUT2D eigenvalue weighted by Gasteiger charge is 2.19. The lowest BCUT2D eigenvalue weighted by Crippen LogP contribution is -2.45. The molecular formula is C13H17ClN2O3. The van der Waals surface area contributed by atoms with E-state index in [2.05, 4.69) is 5.32 Å². The predicted octanol–water partition coefficient (Wildman–Crippen LogP) is 1.19. The normalized spacial score (nSPS) is 23.1. The molecule has 0 aromatic heterocycles. The molecule has 2 unspecified atom stereocenters. The quantitative estimate of drug-likeness (QED) is 0.871. The summed E-state index contributed by atoms with van der Waals surface area (Å²) in [4.78, 5) is 11.0. The molecule has 104 valence electrons. The van der Waals surface area contributed by atoms with Gasteiger partial charge in [-0.2, -0.15) is 0 Å². The van der Waals surface area contributed by atoms with E-state index >= 15 is 0 Å². The Morgan fingerprint density at radius 2 is 2.37 bits per heavy atom. The van der Waals surface area contributed by atoms with E-state index in [-0.39, 0.29) is 12.2 Å². The molecule has 0 saturated carbocycles. The molecule has 1 amide bonds. The van der Waals surface area contributed by atoms with Gasteiger partial charge in [0.25, 0.3) is 0 Å². The summed E-state index contributed by atoms with van der Waals surface area (Å²) in [5.74, 6) is 0.0435. The van der Waals surface area contributed by atoms with Gasteiger partial charge >= 0.3 is 0 Å². The van der Waals surface area contributed by atoms with Crippen LogP contribution in [-0.2, 0) is 4.74 Å². The number of halogens is 1. The van der Waals surface area contributed by atoms with Gasteiger partial charge in [0.1, 0.15) is 18.5 Å². The van der Waals surface area contributed by atoms with Crippen molar-refractivity contribution in [3.63, 3.8) is 0 Å². The van der Waals surface area contributed by atoms with Crippen molar-refractivity contribution < 1.29 is 14.3 Å². The summed E-state index contributed by atoms with van der Waals surface area (Å²) in [5.41, 5.74) is 5.47. The van der Waals surface area contributed by atoms with E-state index in [1.54, 1.807) is 18.2 Å². The summed E-state index contributed by atoms with van der Waals surface area (Å²) in [5, 5.41) is 3.56. The van der Waals surface area contributed by atoms with Crippen molar-refractivity contribution in [2.24, 2.45) is 5.73 Å². The van der Waals surface area contributed by atoms with Crippen LogP contribution in [0, 0.1) is 0 Å². The van der Waals surface area contributed by atoms with Crippen molar-refractivity contribution in [1.29, 1.82) is 0 Å². The monoisotopic (exact) mass is 284 g/mol. The number of morpholine rings is 1. The average molecular weight is 285 g/mol. The maximum Gasteiger partial charge on any atom is 0.250 e. The van der Waals surface area contributed by atoms with Gasteiger partial charge in [0.2, 0.25) is 5.91 Å². The van der Waals surface area contributed by atoms with Crippen LogP contribution >= 0.6 is 11.6 Å². The first-order valence-electron chi connectivity index (χ1n) is 6.14. The van der Waals surface area contributed by atoms with E-state index in [1.807, 2.05) is 6.92 Å². The molecule has 1 fully saturated rings. The van der Waals surface area contributed by atoms with E-state index in [0.29, 0.717) is 22.9 Å². The van der Waals surface area contributed by atoms with Crippen molar-refractivity contribution in [2.45, 2.75) is 19.1 Å². The molecule has 1 aliphatic heterocycles. The number of carbonyl (C=O) groups excluding carboxylic acids is 1. The van der Waals surface area contributed by atoms with E-state index in [4.69, 9.17) is 26.8 Å². The van der Waals surface area contributed by atoms with Gasteiger partial charge < -0.3 is 20.5 Å². The Morgan fingerprint density at radius 1 is 1.58 bits per heavy atom. The predicted molar refractivity (Wildman–Crippen MR) is 72.7 cm³/mol. The second-order valence-corrected chi connectivity index (χ2v) is 4.95. The minimum Gasteiger partial charge on any atom is -0.491 e. The topological polar surface area (TPSA) is 73.6 Å². The number of amides is 1. The van der Waals surface area contributed by atoms with E-state index in [9.17, 15) is 4.79 Å². The highest BCUT2D eigenvalue weighted by atomic mass is 35.5. The first kappa shape index (κ1) is 14.1. The minimum absolute atomic E-state index is 0.0124. The summed E-state index contributed by atoms with van der Waals surface area (Å²) in [6.45, 7) is 4.06. The third kappa shape index (κ3) is 3.83. The molecular weight excluding hydrogens is 268 g/mol. The fourth-order valence-corrected chi connectivity index (χ4v) is 2.21. The zero-order valence-electron chi connectivity index (χ0n) is 10.7. The molecule has 0 bridgehead atoms. The maximum absolute atomic E-state index is 11.0. The van der Waals surface area contributed by atoms with Gasteiger partial charge in [0.05, 0.1) is 16.7 Å². The maximum atomic E-state index is 11.0. The van der Waals surface area contributed by atoms with Gasteiger partial charge in [0, 0.05) is 13.1 Å². The highest BCUT2D eigenvalue weighted by molar-refractivity contribution is 6.33. The van der Waals surface area contributed by atoms with Crippen molar-refractivity contribution >= 4 is 17.5 Å². The van der Waals surface area contributed by atoms with Crippen LogP contribution < -0.4 is 15.8 Å². The average Bonchev–Trinajstić information content (AvgIpc) is 2.36. The number of carbonyl (C=O) groups is 1. The van der Waals surface area contributed by atoms with Crippen molar-refractivity contribution in [1.82, 2.24) is 5.32 Å². The Bertz CT molecular complexity index is 467. The van der Waals surface area contributed by atoms with E-state index in [0.717, 1.165) is 13.1 Å². The summed E-state index contributed by atoms with van der Waals surface area (Å²) in [6.07, 6.45) is 0.196. The van der Waals surface area contributed by atoms with E-state index < -0.39 is 5.91 Å². The number of rotatable bonds is 4. The Kier molecular flexibility index (Phi) is 4.63. The molecule has 0 spiro atoms. The third-order valence-corrected chi connectivity index (χ3v) is 3.18. The molecule has 2 rings (SSSR count). The molecule has 1 heterocycles. The number of benzene rings is 1. The minimum atomic E-state index is -0.551. The lowest BCUT2D eigenvalue weighted by atomic mass is 10.2. The summed E-state index contributed by atoms with van der Waals surface area (Å²) < 4.78 is 11.3. The Morgan fingerprint density at radius 3 is 3.00 bits per heavy atom. The molecule has 6 heteroatoms. The van der Waals surface area contributed by atoms with Gasteiger partial charge in [-0.15, -0.1) is 0 Å². The molecule has 2 atom stereocenters. The van der Waals surface area contributed by atoms with Crippen LogP contribution in [-0.4, -0.2) is 37.8 Å². The Hall–Kier alpha value is -1.30. The Labute approximate surface area is 117 Å². The van der Waals surface area contributed by atoms with Crippen molar-refractivity contribution in [2.75, 3.05) is 19.7 Å². The smallest absolute Gasteiger partial charge is 0.250 e. The second-order valence-electron chi connectivity index (χ2n) is 4.54. The Balaban J connectivity index is 1.92. The number of primary amides is 1. The number of nitrogens with two attached hydrogens (primary N) is 1. The molecule has 5 nitrogen and oxygen atoms in total. The fourth-order valence-electron chi connectivity index (χ4n) is 1.95. The first-order valence-corrected chi connectivity index (χ1v) is 6.52. The SMILES string of the molecule is CC1CNCC(COc2ccc(C(N)=O)c(Cl)c2)O1. The van der Waals surface area contributed by atoms with Crippen LogP contribution in [0.1, 0.15) is 17.3 Å². The van der Waals surface area contributed by atoms with Gasteiger partial charge in [0.15, 0.2) is 0 Å². The zero-order valence-corrected chi connectivity index (χ0v) is 11.4. The molecule has 0 radical (unpaired) electrons. The molecule has 1 aromatic carbocycles. The van der Waals surface area contributed by atoms with Crippen LogP contribution in [0.15, 0.2) is 18.2 Å². The standard InChI is InChI=1S/C13H17ClN2O3/c1-8-5-16-6-10(19-8)7-18-9-2-3-11(13(15)17)12(14)4-9/h2-4,8,10,16H,5-7H2,1H3,(H2,15,17). The van der Waals surface area contributed by atoms with Crippen LogP contribution in [0.25, 0.3) is 0 Å². The fraction of sp³-hybridized carbons (Fsp3) is 0.462. The number of hydrogen-bond donors (Lipinski definition) is 2. The van der Waals surface area contributed by atoms with Crippen molar-refractivity contribution in [3.8, 4) is 5.75 Å². The van der Waals surface area contributed by atoms with E-state index in [1.165, 1.54) is 0 Å². The summed E-state index contributed by atoms with van der Waals surface area (Å²) >= 11 is 5.94. The first-order chi connectivity index (χ1) is 9.06. The third-order valence-electron chi connectivity index (χ3n) is 2.87. The molecule has 1 aromatic rings. The van der Waals surface area contributed by atoms with Crippen LogP contribution in [0.2, 0.25) is 5.02 Å². The number of hydrogen-bond acceptors (Lipinski definition) is 4. The van der Waals surface area contributed by atoms with Gasteiger partial charge in [-0.3, -0.25) is 4.79 Å². The largest absolute Gasteiger partial charge is 0.491 e. The molecule has 19 heavy (non-hydrogen) atoms. The van der Waals surface area contributed by atoms with Gasteiger partial charge in [-0.05, 0) is 25.1 Å². The number of nitrogens with one attached hydrogen (secondary N) is 1. The van der Waals surface area contributed by atoms with Gasteiger partial charge in [-0.1, -0.05) is 11.6 Å². The molecule has 0 aliphatic carbocycles. The molecule has 1 saturated heterocycles. The number of ether oxygens (including phenoxy) is 2. The zero-order chi connectivity index (χ0) is 13.8. The van der Waals surface area contributed by atoms with Crippen LogP contribution in [0.5, 0.6) is 5.75 Å². The second kappa shape index (κ2) is 6.23. The summed E-state index contributed by atoms with van der Waals surface area (Å²) in [6, 6.07) is 4.82. The van der Waals surface area contributed by atoms with Crippen LogP contribution in [0.3, 0.4) is 0 Å². The van der Waals surface area contributed by atoms with Crippen LogP contribution in [0.4, 0.5) is 0 Å². The lowest BCUT2D eigenvalue weighted by Gasteiger charge is -2.28. The highest BCUT2D eigenvalue weighted by Crippen LogP contribution is 2.22. The van der Waals surface area contributed by atoms with Crippen molar-refractivity contribution in [3.05, 3.63) is 28.8 Å². The van der Waals surface area contributed by atoms with Gasteiger partial charge in [-0.25, -0.2) is 0 Å².